The van der Waals surface area contributed by atoms with Crippen LogP contribution in [-0.4, -0.2) is 33.4 Å². The molecule has 1 aromatic carbocycles. The van der Waals surface area contributed by atoms with Crippen LogP contribution in [0.15, 0.2) is 18.2 Å². The molecule has 2 rings (SSSR count). The molecule has 1 saturated heterocycles. The predicted molar refractivity (Wildman–Crippen MR) is 85.6 cm³/mol. The fourth-order valence-corrected chi connectivity index (χ4v) is 3.08. The molecule has 4 heteroatoms. The van der Waals surface area contributed by atoms with Crippen LogP contribution >= 0.6 is 11.6 Å². The summed E-state index contributed by atoms with van der Waals surface area (Å²) in [5, 5.41) is 4.26. The maximum Gasteiger partial charge on any atom is 0.0642 e. The Morgan fingerprint density at radius 1 is 1.30 bits per heavy atom. The van der Waals surface area contributed by atoms with Gasteiger partial charge in [-0.25, -0.2) is 0 Å². The van der Waals surface area contributed by atoms with Crippen molar-refractivity contribution in [3.05, 3.63) is 28.8 Å². The number of methoxy groups -OCH3 is 1. The molecule has 1 heterocycles. The fraction of sp³-hybridized carbons (Fsp3) is 0.625. The Morgan fingerprint density at radius 3 is 2.65 bits per heavy atom. The maximum absolute atomic E-state index is 6.45. The molecule has 0 aliphatic carbocycles. The van der Waals surface area contributed by atoms with E-state index in [0.29, 0.717) is 0 Å². The summed E-state index contributed by atoms with van der Waals surface area (Å²) in [4.78, 5) is 2.44. The highest BCUT2D eigenvalue weighted by Crippen LogP contribution is 2.35. The van der Waals surface area contributed by atoms with Gasteiger partial charge < -0.3 is 15.0 Å². The van der Waals surface area contributed by atoms with Gasteiger partial charge in [-0.15, -0.1) is 0 Å². The summed E-state index contributed by atoms with van der Waals surface area (Å²) in [6.07, 6.45) is 0. The molecule has 1 N–H and O–H groups in total. The van der Waals surface area contributed by atoms with E-state index in [1.807, 2.05) is 12.1 Å². The molecule has 20 heavy (non-hydrogen) atoms. The van der Waals surface area contributed by atoms with Crippen LogP contribution in [-0.2, 0) is 11.3 Å². The molecule has 3 nitrogen and oxygen atoms in total. The standard InChI is InChI=1S/C16H25ClN2O/c1-12-10-19(11-13(12)2)16-14(5-4-6-15(16)17)9-18-7-8-20-3/h4-6,12-13,18H,7-11H2,1-3H3. The van der Waals surface area contributed by atoms with E-state index in [4.69, 9.17) is 16.3 Å². The van der Waals surface area contributed by atoms with Crippen LogP contribution in [0.2, 0.25) is 5.02 Å². The van der Waals surface area contributed by atoms with Crippen molar-refractivity contribution >= 4 is 17.3 Å². The van der Waals surface area contributed by atoms with Crippen LogP contribution in [0.25, 0.3) is 0 Å². The number of anilines is 1. The van der Waals surface area contributed by atoms with Gasteiger partial charge in [0.1, 0.15) is 0 Å². The van der Waals surface area contributed by atoms with Crippen molar-refractivity contribution < 1.29 is 4.74 Å². The molecular formula is C16H25ClN2O. The summed E-state index contributed by atoms with van der Waals surface area (Å²) >= 11 is 6.45. The zero-order valence-corrected chi connectivity index (χ0v) is 13.4. The lowest BCUT2D eigenvalue weighted by Crippen LogP contribution is -2.24. The molecule has 1 aromatic rings. The molecule has 1 aliphatic rings. The summed E-state index contributed by atoms with van der Waals surface area (Å²) in [5.74, 6) is 1.45. The summed E-state index contributed by atoms with van der Waals surface area (Å²) in [6.45, 7) is 9.24. The third-order valence-corrected chi connectivity index (χ3v) is 4.48. The van der Waals surface area contributed by atoms with Crippen molar-refractivity contribution in [3.63, 3.8) is 0 Å². The summed E-state index contributed by atoms with van der Waals surface area (Å²) in [5.41, 5.74) is 2.48. The third-order valence-electron chi connectivity index (χ3n) is 4.17. The molecule has 2 atom stereocenters. The van der Waals surface area contributed by atoms with E-state index in [2.05, 4.69) is 30.1 Å². The predicted octanol–water partition coefficient (Wildman–Crippen LogP) is 3.17. The van der Waals surface area contributed by atoms with Crippen LogP contribution in [0.3, 0.4) is 0 Å². The number of hydrogen-bond acceptors (Lipinski definition) is 3. The molecule has 0 spiro atoms. The Labute approximate surface area is 127 Å². The fourth-order valence-electron chi connectivity index (χ4n) is 2.77. The largest absolute Gasteiger partial charge is 0.383 e. The van der Waals surface area contributed by atoms with Crippen molar-refractivity contribution in [2.75, 3.05) is 38.3 Å². The van der Waals surface area contributed by atoms with Gasteiger partial charge in [0.25, 0.3) is 0 Å². The molecule has 0 amide bonds. The number of para-hydroxylation sites is 1. The van der Waals surface area contributed by atoms with Gasteiger partial charge in [0.15, 0.2) is 0 Å². The Kier molecular flexibility index (Phi) is 5.70. The Balaban J connectivity index is 2.10. The van der Waals surface area contributed by atoms with E-state index in [1.165, 1.54) is 11.3 Å². The van der Waals surface area contributed by atoms with Gasteiger partial charge in [0.05, 0.1) is 17.3 Å². The van der Waals surface area contributed by atoms with Gasteiger partial charge in [-0.3, -0.25) is 0 Å². The number of hydrogen-bond donors (Lipinski definition) is 1. The minimum atomic E-state index is 0.723. The Morgan fingerprint density at radius 2 is 2.00 bits per heavy atom. The summed E-state index contributed by atoms with van der Waals surface area (Å²) in [7, 11) is 1.72. The number of rotatable bonds is 6. The number of halogens is 1. The van der Waals surface area contributed by atoms with Crippen molar-refractivity contribution in [2.24, 2.45) is 11.8 Å². The smallest absolute Gasteiger partial charge is 0.0642 e. The quantitative estimate of drug-likeness (QED) is 0.816. The number of nitrogens with zero attached hydrogens (tertiary/aromatic N) is 1. The lowest BCUT2D eigenvalue weighted by molar-refractivity contribution is 0.199. The Hall–Kier alpha value is -0.770. The van der Waals surface area contributed by atoms with Gasteiger partial charge in [-0.1, -0.05) is 37.6 Å². The van der Waals surface area contributed by atoms with Crippen molar-refractivity contribution in [1.29, 1.82) is 0 Å². The first-order valence-corrected chi connectivity index (χ1v) is 7.73. The summed E-state index contributed by atoms with van der Waals surface area (Å²) < 4.78 is 5.06. The molecule has 0 radical (unpaired) electrons. The molecule has 0 saturated carbocycles. The second-order valence-electron chi connectivity index (χ2n) is 5.78. The van der Waals surface area contributed by atoms with Crippen molar-refractivity contribution in [1.82, 2.24) is 5.32 Å². The van der Waals surface area contributed by atoms with Crippen molar-refractivity contribution in [3.8, 4) is 0 Å². The molecule has 0 aromatic heterocycles. The topological polar surface area (TPSA) is 24.5 Å². The maximum atomic E-state index is 6.45. The van der Waals surface area contributed by atoms with E-state index < -0.39 is 0 Å². The number of benzene rings is 1. The van der Waals surface area contributed by atoms with Crippen LogP contribution in [0, 0.1) is 11.8 Å². The van der Waals surface area contributed by atoms with E-state index in [1.54, 1.807) is 7.11 Å². The number of ether oxygens (including phenoxy) is 1. The molecule has 2 unspecified atom stereocenters. The van der Waals surface area contributed by atoms with Gasteiger partial charge in [-0.2, -0.15) is 0 Å². The average molecular weight is 297 g/mol. The van der Waals surface area contributed by atoms with E-state index in [-0.39, 0.29) is 0 Å². The normalized spacial score (nSPS) is 22.5. The van der Waals surface area contributed by atoms with Gasteiger partial charge >= 0.3 is 0 Å². The first-order valence-electron chi connectivity index (χ1n) is 7.35. The van der Waals surface area contributed by atoms with Crippen LogP contribution in [0.1, 0.15) is 19.4 Å². The molecule has 1 fully saturated rings. The second-order valence-corrected chi connectivity index (χ2v) is 6.18. The van der Waals surface area contributed by atoms with Crippen molar-refractivity contribution in [2.45, 2.75) is 20.4 Å². The molecule has 1 aliphatic heterocycles. The highest BCUT2D eigenvalue weighted by Gasteiger charge is 2.28. The molecule has 112 valence electrons. The number of nitrogens with one attached hydrogen (secondary N) is 1. The van der Waals surface area contributed by atoms with E-state index in [0.717, 1.165) is 49.6 Å². The first-order chi connectivity index (χ1) is 9.63. The van der Waals surface area contributed by atoms with Gasteiger partial charge in [0, 0.05) is 33.3 Å². The lowest BCUT2D eigenvalue weighted by Gasteiger charge is -2.23. The van der Waals surface area contributed by atoms with Gasteiger partial charge in [-0.05, 0) is 23.5 Å². The van der Waals surface area contributed by atoms with Crippen LogP contribution in [0.5, 0.6) is 0 Å². The highest BCUT2D eigenvalue weighted by atomic mass is 35.5. The van der Waals surface area contributed by atoms with Gasteiger partial charge in [0.2, 0.25) is 0 Å². The monoisotopic (exact) mass is 296 g/mol. The third kappa shape index (κ3) is 3.66. The SMILES string of the molecule is COCCNCc1cccc(Cl)c1N1CC(C)C(C)C1. The summed E-state index contributed by atoms with van der Waals surface area (Å²) in [6, 6.07) is 6.18. The molecule has 0 bridgehead atoms. The zero-order chi connectivity index (χ0) is 14.5. The minimum absolute atomic E-state index is 0.723. The minimum Gasteiger partial charge on any atom is -0.383 e. The first kappa shape index (κ1) is 15.6. The zero-order valence-electron chi connectivity index (χ0n) is 12.7. The van der Waals surface area contributed by atoms with E-state index in [9.17, 15) is 0 Å². The Bertz CT molecular complexity index is 428. The second kappa shape index (κ2) is 7.30. The van der Waals surface area contributed by atoms with E-state index >= 15 is 0 Å². The van der Waals surface area contributed by atoms with Crippen LogP contribution in [0.4, 0.5) is 5.69 Å². The molecular weight excluding hydrogens is 272 g/mol. The highest BCUT2D eigenvalue weighted by molar-refractivity contribution is 6.33. The lowest BCUT2D eigenvalue weighted by atomic mass is 10.0. The van der Waals surface area contributed by atoms with Crippen LogP contribution < -0.4 is 10.2 Å². The average Bonchev–Trinajstić information content (AvgIpc) is 2.74.